The van der Waals surface area contributed by atoms with Crippen LogP contribution in [0.5, 0.6) is 5.75 Å². The first-order valence-electron chi connectivity index (χ1n) is 14.4. The maximum atomic E-state index is 13.3. The van der Waals surface area contributed by atoms with Crippen molar-refractivity contribution < 1.29 is 19.1 Å². The van der Waals surface area contributed by atoms with Crippen LogP contribution in [-0.2, 0) is 9.59 Å². The molecule has 220 valence electrons. The molecule has 1 saturated carbocycles. The summed E-state index contributed by atoms with van der Waals surface area (Å²) in [6.07, 6.45) is 7.65. The molecule has 41 heavy (non-hydrogen) atoms. The number of methoxy groups -OCH3 is 1. The van der Waals surface area contributed by atoms with Crippen LogP contribution in [0.1, 0.15) is 55.3 Å². The van der Waals surface area contributed by atoms with Crippen molar-refractivity contribution in [3.8, 4) is 5.75 Å². The third-order valence-corrected chi connectivity index (χ3v) is 8.46. The van der Waals surface area contributed by atoms with Crippen LogP contribution in [0.25, 0.3) is 0 Å². The van der Waals surface area contributed by atoms with E-state index in [0.29, 0.717) is 41.0 Å². The van der Waals surface area contributed by atoms with E-state index < -0.39 is 11.8 Å². The molecular formula is C29H40N8O4. The summed E-state index contributed by atoms with van der Waals surface area (Å²) in [6.45, 7) is 2.29. The predicted molar refractivity (Wildman–Crippen MR) is 157 cm³/mol. The van der Waals surface area contributed by atoms with Gasteiger partial charge in [-0.25, -0.2) is 4.98 Å². The zero-order valence-electron chi connectivity index (χ0n) is 24.1. The molecule has 2 aromatic rings. The Morgan fingerprint density at radius 1 is 1.12 bits per heavy atom. The monoisotopic (exact) mass is 564 g/mol. The van der Waals surface area contributed by atoms with Gasteiger partial charge in [0.1, 0.15) is 11.4 Å². The number of anilines is 4. The number of carbonyl (C=O) groups excluding carboxylic acids is 3. The molecule has 1 saturated heterocycles. The summed E-state index contributed by atoms with van der Waals surface area (Å²) in [5.74, 6) is 0.103. The van der Waals surface area contributed by atoms with Crippen molar-refractivity contribution in [1.29, 1.82) is 0 Å². The number of piperidine rings is 1. The fraction of sp³-hybridized carbons (Fsp3) is 0.552. The number of likely N-dealkylation sites (tertiary alicyclic amines) is 1. The molecule has 3 amide bonds. The number of benzene rings is 1. The quantitative estimate of drug-likeness (QED) is 0.439. The van der Waals surface area contributed by atoms with E-state index in [-0.39, 0.29) is 30.3 Å². The molecule has 1 aliphatic carbocycles. The number of nitrogens with zero attached hydrogens (tertiary/aromatic N) is 5. The van der Waals surface area contributed by atoms with Crippen LogP contribution in [0, 0.1) is 5.92 Å². The topological polar surface area (TPSA) is 146 Å². The standard InChI is InChI=1S/C29H40N8O4/c1-35-12-10-20(11-13-35)32-27(39)18-8-9-22(24(14-18)41-3)33-29-31-16-23-26(34-29)37(21-6-4-5-7-21)17-19(15-25(30)38)28(40)36(23)2/h8-9,14,16,19-21H,4-7,10-13,15,17H2,1-3H3,(H2,30,38)(H,32,39)(H,31,33,34). The predicted octanol–water partition coefficient (Wildman–Crippen LogP) is 2.27. The van der Waals surface area contributed by atoms with Crippen molar-refractivity contribution >= 4 is 40.9 Å². The van der Waals surface area contributed by atoms with Crippen LogP contribution < -0.4 is 30.9 Å². The van der Waals surface area contributed by atoms with Gasteiger partial charge in [0.25, 0.3) is 5.91 Å². The minimum Gasteiger partial charge on any atom is -0.495 e. The van der Waals surface area contributed by atoms with Gasteiger partial charge in [0.2, 0.25) is 17.8 Å². The van der Waals surface area contributed by atoms with Crippen LogP contribution in [0.3, 0.4) is 0 Å². The Bertz CT molecular complexity index is 1290. The fourth-order valence-electron chi connectivity index (χ4n) is 6.08. The van der Waals surface area contributed by atoms with Crippen molar-refractivity contribution in [2.45, 2.75) is 57.0 Å². The van der Waals surface area contributed by atoms with E-state index in [0.717, 1.165) is 51.6 Å². The minimum absolute atomic E-state index is 0.0200. The second-order valence-electron chi connectivity index (χ2n) is 11.3. The van der Waals surface area contributed by atoms with E-state index in [9.17, 15) is 14.4 Å². The summed E-state index contributed by atoms with van der Waals surface area (Å²) in [6, 6.07) is 5.62. The second-order valence-corrected chi connectivity index (χ2v) is 11.3. The molecule has 1 aromatic carbocycles. The summed E-state index contributed by atoms with van der Waals surface area (Å²) < 4.78 is 5.62. The maximum Gasteiger partial charge on any atom is 0.251 e. The molecule has 2 aliphatic heterocycles. The lowest BCUT2D eigenvalue weighted by molar-refractivity contribution is -0.126. The number of primary amides is 1. The SMILES string of the molecule is COc1cc(C(=O)NC2CCN(C)CC2)ccc1Nc1ncc2c(n1)N(C1CCCC1)CC(CC(N)=O)C(=O)N2C. The number of hydrogen-bond donors (Lipinski definition) is 3. The van der Waals surface area contributed by atoms with Gasteiger partial charge in [-0.1, -0.05) is 12.8 Å². The van der Waals surface area contributed by atoms with E-state index in [1.807, 2.05) is 0 Å². The Labute approximate surface area is 240 Å². The third kappa shape index (κ3) is 6.37. The number of amides is 3. The summed E-state index contributed by atoms with van der Waals surface area (Å²) >= 11 is 0. The number of aromatic nitrogens is 2. The van der Waals surface area contributed by atoms with Gasteiger partial charge in [-0.15, -0.1) is 0 Å². The smallest absolute Gasteiger partial charge is 0.251 e. The Morgan fingerprint density at radius 3 is 2.54 bits per heavy atom. The Morgan fingerprint density at radius 2 is 1.85 bits per heavy atom. The lowest BCUT2D eigenvalue weighted by atomic mass is 10.0. The molecule has 0 spiro atoms. The van der Waals surface area contributed by atoms with Gasteiger partial charge >= 0.3 is 0 Å². The van der Waals surface area contributed by atoms with Crippen LogP contribution in [0.4, 0.5) is 23.1 Å². The molecule has 1 unspecified atom stereocenters. The van der Waals surface area contributed by atoms with Crippen LogP contribution >= 0.6 is 0 Å². The number of nitrogens with one attached hydrogen (secondary N) is 2. The highest BCUT2D eigenvalue weighted by atomic mass is 16.5. The molecule has 12 heteroatoms. The van der Waals surface area contributed by atoms with E-state index in [4.69, 9.17) is 15.5 Å². The van der Waals surface area contributed by atoms with Gasteiger partial charge in [0.15, 0.2) is 5.82 Å². The summed E-state index contributed by atoms with van der Waals surface area (Å²) in [7, 11) is 5.33. The molecular weight excluding hydrogens is 524 g/mol. The van der Waals surface area contributed by atoms with Crippen molar-refractivity contribution in [3.05, 3.63) is 30.0 Å². The number of fused-ring (bicyclic) bond motifs is 1. The zero-order chi connectivity index (χ0) is 29.1. The normalized spacial score (nSPS) is 20.5. The minimum atomic E-state index is -0.558. The summed E-state index contributed by atoms with van der Waals surface area (Å²) in [5, 5.41) is 6.38. The van der Waals surface area contributed by atoms with Crippen LogP contribution in [-0.4, -0.2) is 85.5 Å². The van der Waals surface area contributed by atoms with Gasteiger partial charge in [-0.3, -0.25) is 14.4 Å². The Kier molecular flexibility index (Phi) is 8.57. The first kappa shape index (κ1) is 28.6. The zero-order valence-corrected chi connectivity index (χ0v) is 24.1. The number of nitrogens with two attached hydrogens (primary N) is 1. The molecule has 1 atom stereocenters. The number of carbonyl (C=O) groups is 3. The highest BCUT2D eigenvalue weighted by Crippen LogP contribution is 2.38. The molecule has 12 nitrogen and oxygen atoms in total. The van der Waals surface area contributed by atoms with E-state index in [1.54, 1.807) is 38.6 Å². The molecule has 2 fully saturated rings. The summed E-state index contributed by atoms with van der Waals surface area (Å²) in [4.78, 5) is 53.3. The maximum absolute atomic E-state index is 13.3. The molecule has 3 aliphatic rings. The van der Waals surface area contributed by atoms with E-state index in [1.165, 1.54) is 4.90 Å². The van der Waals surface area contributed by atoms with E-state index in [2.05, 4.69) is 32.5 Å². The first-order chi connectivity index (χ1) is 19.7. The van der Waals surface area contributed by atoms with Crippen LogP contribution in [0.2, 0.25) is 0 Å². The molecule has 3 heterocycles. The molecule has 0 radical (unpaired) electrons. The lowest BCUT2D eigenvalue weighted by Crippen LogP contribution is -2.43. The van der Waals surface area contributed by atoms with Gasteiger partial charge in [0, 0.05) is 37.7 Å². The first-order valence-corrected chi connectivity index (χ1v) is 14.4. The molecule has 5 rings (SSSR count). The fourth-order valence-corrected chi connectivity index (χ4v) is 6.08. The highest BCUT2D eigenvalue weighted by molar-refractivity contribution is 6.00. The lowest BCUT2D eigenvalue weighted by Gasteiger charge is -2.31. The van der Waals surface area contributed by atoms with Crippen molar-refractivity contribution in [2.75, 3.05) is 56.0 Å². The Balaban J connectivity index is 1.39. The Hall–Kier alpha value is -3.93. The average Bonchev–Trinajstić information content (AvgIpc) is 3.47. The van der Waals surface area contributed by atoms with Gasteiger partial charge < -0.3 is 35.8 Å². The van der Waals surface area contributed by atoms with Crippen molar-refractivity contribution in [1.82, 2.24) is 20.2 Å². The highest BCUT2D eigenvalue weighted by Gasteiger charge is 2.37. The molecule has 1 aromatic heterocycles. The average molecular weight is 565 g/mol. The summed E-state index contributed by atoms with van der Waals surface area (Å²) in [5.41, 5.74) is 7.22. The molecule has 0 bridgehead atoms. The van der Waals surface area contributed by atoms with Crippen molar-refractivity contribution in [2.24, 2.45) is 11.7 Å². The van der Waals surface area contributed by atoms with Crippen molar-refractivity contribution in [3.63, 3.8) is 0 Å². The van der Waals surface area contributed by atoms with Gasteiger partial charge in [0.05, 0.1) is 24.9 Å². The number of ether oxygens (including phenoxy) is 1. The van der Waals surface area contributed by atoms with E-state index >= 15 is 0 Å². The van der Waals surface area contributed by atoms with Gasteiger partial charge in [-0.2, -0.15) is 4.98 Å². The third-order valence-electron chi connectivity index (χ3n) is 8.46. The van der Waals surface area contributed by atoms with Crippen LogP contribution in [0.15, 0.2) is 24.4 Å². The molecule has 4 N–H and O–H groups in total. The number of hydrogen-bond acceptors (Lipinski definition) is 9. The van der Waals surface area contributed by atoms with Gasteiger partial charge in [-0.05, 0) is 64.0 Å². The largest absolute Gasteiger partial charge is 0.495 e. The second kappa shape index (κ2) is 12.3. The number of rotatable bonds is 8.